The monoisotopic (exact) mass is 670 g/mol. The molecule has 2 aliphatic heterocycles. The number of likely N-dealkylation sites (tertiary alicyclic amines) is 1. The summed E-state index contributed by atoms with van der Waals surface area (Å²) in [6.07, 6.45) is 1.33. The second kappa shape index (κ2) is 17.3. The summed E-state index contributed by atoms with van der Waals surface area (Å²) in [6, 6.07) is 2.51. The van der Waals surface area contributed by atoms with Gasteiger partial charge in [0.25, 0.3) is 11.8 Å². The largest absolute Gasteiger partial charge is 0.481 e. The van der Waals surface area contributed by atoms with Gasteiger partial charge in [0, 0.05) is 57.1 Å². The molecule has 48 heavy (non-hydrogen) atoms. The van der Waals surface area contributed by atoms with Crippen molar-refractivity contribution in [1.29, 1.82) is 0 Å². The van der Waals surface area contributed by atoms with Gasteiger partial charge in [0.2, 0.25) is 29.5 Å². The number of carboxylic acid groups (broad SMARTS) is 1. The first-order chi connectivity index (χ1) is 22.7. The van der Waals surface area contributed by atoms with Crippen molar-refractivity contribution in [3.63, 3.8) is 0 Å². The third-order valence-electron chi connectivity index (χ3n) is 7.58. The Hall–Kier alpha value is -5.61. The molecule has 0 radical (unpaired) electrons. The topological polar surface area (TPSA) is 252 Å². The summed E-state index contributed by atoms with van der Waals surface area (Å²) in [5.41, 5.74) is 6.22. The number of nitrogens with zero attached hydrogens (tertiary/aromatic N) is 2. The molecular formula is C31H38N6O11. The summed E-state index contributed by atoms with van der Waals surface area (Å²) < 4.78 is 4.92. The highest BCUT2D eigenvalue weighted by molar-refractivity contribution is 6.13. The van der Waals surface area contributed by atoms with Gasteiger partial charge in [0.1, 0.15) is 24.7 Å². The number of aliphatic carboxylic acids is 1. The Morgan fingerprint density at radius 1 is 0.917 bits per heavy atom. The fourth-order valence-electron chi connectivity index (χ4n) is 5.07. The van der Waals surface area contributed by atoms with Crippen LogP contribution in [0, 0.1) is 0 Å². The first kappa shape index (κ1) is 36.9. The number of benzene rings is 1. The van der Waals surface area contributed by atoms with E-state index in [-0.39, 0.29) is 51.8 Å². The van der Waals surface area contributed by atoms with Gasteiger partial charge in [0.15, 0.2) is 0 Å². The van der Waals surface area contributed by atoms with Crippen LogP contribution in [0.15, 0.2) is 36.4 Å². The zero-order valence-electron chi connectivity index (χ0n) is 26.3. The van der Waals surface area contributed by atoms with Crippen molar-refractivity contribution in [3.05, 3.63) is 42.0 Å². The highest BCUT2D eigenvalue weighted by Crippen LogP contribution is 2.20. The van der Waals surface area contributed by atoms with Crippen LogP contribution >= 0.6 is 0 Å². The molecule has 0 saturated carbocycles. The molecule has 6 N–H and O–H groups in total. The van der Waals surface area contributed by atoms with Crippen molar-refractivity contribution in [2.24, 2.45) is 5.73 Å². The third kappa shape index (κ3) is 11.0. The van der Waals surface area contributed by atoms with Gasteiger partial charge in [0.05, 0.1) is 0 Å². The molecule has 3 rings (SSSR count). The lowest BCUT2D eigenvalue weighted by molar-refractivity contribution is -0.143. The molecule has 1 saturated heterocycles. The molecule has 1 aromatic carbocycles. The van der Waals surface area contributed by atoms with Gasteiger partial charge in [-0.15, -0.1) is 0 Å². The average Bonchev–Trinajstić information content (AvgIpc) is 3.65. The predicted octanol–water partition coefficient (Wildman–Crippen LogP) is -0.906. The normalized spacial score (nSPS) is 16.6. The number of amides is 7. The van der Waals surface area contributed by atoms with Crippen molar-refractivity contribution in [1.82, 2.24) is 20.4 Å². The lowest BCUT2D eigenvalue weighted by Crippen LogP contribution is -2.56. The molecule has 0 aliphatic carbocycles. The van der Waals surface area contributed by atoms with Crippen LogP contribution in [0.25, 0.3) is 0 Å². The number of imide groups is 1. The van der Waals surface area contributed by atoms with Crippen molar-refractivity contribution >= 4 is 59.0 Å². The predicted molar refractivity (Wildman–Crippen MR) is 165 cm³/mol. The Kier molecular flexibility index (Phi) is 13.3. The summed E-state index contributed by atoms with van der Waals surface area (Å²) in [7, 11) is 0. The number of hydrogen-bond donors (Lipinski definition) is 5. The first-order valence-electron chi connectivity index (χ1n) is 15.2. The van der Waals surface area contributed by atoms with Gasteiger partial charge in [-0.1, -0.05) is 12.1 Å². The molecule has 17 nitrogen and oxygen atoms in total. The van der Waals surface area contributed by atoms with Crippen LogP contribution in [-0.4, -0.2) is 99.4 Å². The van der Waals surface area contributed by atoms with E-state index in [0.29, 0.717) is 17.7 Å². The summed E-state index contributed by atoms with van der Waals surface area (Å²) in [5, 5.41) is 16.8. The van der Waals surface area contributed by atoms with E-state index in [1.165, 1.54) is 24.0 Å². The van der Waals surface area contributed by atoms with E-state index >= 15 is 0 Å². The number of anilines is 1. The Labute approximate surface area is 275 Å². The number of esters is 1. The fourth-order valence-corrected chi connectivity index (χ4v) is 5.07. The second-order valence-electron chi connectivity index (χ2n) is 11.2. The number of carbonyl (C=O) groups excluding carboxylic acids is 8. The maximum atomic E-state index is 13.4. The lowest BCUT2D eigenvalue weighted by atomic mass is 10.1. The maximum Gasteiger partial charge on any atom is 0.303 e. The van der Waals surface area contributed by atoms with Crippen molar-refractivity contribution in [2.45, 2.75) is 76.6 Å². The van der Waals surface area contributed by atoms with Crippen LogP contribution in [0.3, 0.4) is 0 Å². The van der Waals surface area contributed by atoms with Crippen molar-refractivity contribution in [3.8, 4) is 0 Å². The second-order valence-corrected chi connectivity index (χ2v) is 11.2. The van der Waals surface area contributed by atoms with Crippen LogP contribution in [0.2, 0.25) is 0 Å². The Morgan fingerprint density at radius 2 is 1.54 bits per heavy atom. The van der Waals surface area contributed by atoms with E-state index < -0.39 is 77.8 Å². The molecule has 7 amide bonds. The first-order valence-corrected chi connectivity index (χ1v) is 15.2. The molecular weight excluding hydrogens is 632 g/mol. The number of carbonyl (C=O) groups is 9. The van der Waals surface area contributed by atoms with Crippen LogP contribution in [0.5, 0.6) is 0 Å². The Bertz CT molecular complexity index is 1460. The lowest BCUT2D eigenvalue weighted by Gasteiger charge is -2.27. The molecule has 2 aliphatic rings. The van der Waals surface area contributed by atoms with E-state index in [9.17, 15) is 48.3 Å². The van der Waals surface area contributed by atoms with E-state index in [1.54, 1.807) is 12.1 Å². The Balaban J connectivity index is 1.68. The van der Waals surface area contributed by atoms with Crippen LogP contribution in [0.4, 0.5) is 5.69 Å². The van der Waals surface area contributed by atoms with Gasteiger partial charge in [-0.3, -0.25) is 48.1 Å². The maximum absolute atomic E-state index is 13.4. The molecule has 0 spiro atoms. The van der Waals surface area contributed by atoms with Gasteiger partial charge in [-0.05, 0) is 43.4 Å². The van der Waals surface area contributed by atoms with E-state index in [4.69, 9.17) is 10.5 Å². The fraction of sp³-hybridized carbons (Fsp3) is 0.452. The number of carboxylic acids is 1. The molecule has 1 fully saturated rings. The molecule has 1 aromatic rings. The highest BCUT2D eigenvalue weighted by atomic mass is 16.5. The molecule has 2 heterocycles. The van der Waals surface area contributed by atoms with Crippen LogP contribution in [0.1, 0.15) is 57.4 Å². The number of nitrogens with two attached hydrogens (primary N) is 1. The molecule has 0 unspecified atom stereocenters. The standard InChI is InChI=1S/C31H38N6O11/c1-18(38)48-17-19-4-6-20(7-5-19)33-29(45)22(9-13-28(43)44)34-30(46)21(8-10-24(32)39)35-31(47)23-3-2-15-36(23)27(42)14-16-37-25(40)11-12-26(37)41/h4-7,11-12,21-23H,2-3,8-10,13-17H2,1H3,(H2,32,39)(H,33,45)(H,34,46)(H,35,47)(H,43,44)/t21-,22-,23-/m0/s1. The van der Waals surface area contributed by atoms with Crippen LogP contribution in [-0.2, 0) is 54.5 Å². The summed E-state index contributed by atoms with van der Waals surface area (Å²) >= 11 is 0. The number of primary amides is 1. The minimum Gasteiger partial charge on any atom is -0.481 e. The van der Waals surface area contributed by atoms with Crippen molar-refractivity contribution < 1.29 is 53.0 Å². The number of nitrogens with one attached hydrogen (secondary N) is 3. The molecule has 0 bridgehead atoms. The number of hydrogen-bond acceptors (Lipinski definition) is 10. The summed E-state index contributed by atoms with van der Waals surface area (Å²) in [4.78, 5) is 113. The molecule has 17 heteroatoms. The number of rotatable bonds is 17. The third-order valence-corrected chi connectivity index (χ3v) is 7.58. The number of ether oxygens (including phenoxy) is 1. The van der Waals surface area contributed by atoms with Crippen molar-refractivity contribution in [2.75, 3.05) is 18.4 Å². The Morgan fingerprint density at radius 3 is 2.15 bits per heavy atom. The minimum atomic E-state index is -1.38. The quantitative estimate of drug-likeness (QED) is 0.100. The SMILES string of the molecule is CC(=O)OCc1ccc(NC(=O)[C@H](CCC(=O)O)NC(=O)[C@H](CCC(N)=O)NC(=O)[C@@H]2CCCN2C(=O)CCN2C(=O)C=CC2=O)cc1. The van der Waals surface area contributed by atoms with Crippen LogP contribution < -0.4 is 21.7 Å². The highest BCUT2D eigenvalue weighted by Gasteiger charge is 2.37. The van der Waals surface area contributed by atoms with Gasteiger partial charge in [-0.25, -0.2) is 0 Å². The minimum absolute atomic E-state index is 0.0182. The average molecular weight is 671 g/mol. The smallest absolute Gasteiger partial charge is 0.303 e. The molecule has 258 valence electrons. The van der Waals surface area contributed by atoms with E-state index in [2.05, 4.69) is 16.0 Å². The van der Waals surface area contributed by atoms with E-state index in [1.807, 2.05) is 0 Å². The van der Waals surface area contributed by atoms with Gasteiger partial charge < -0.3 is 36.4 Å². The zero-order valence-corrected chi connectivity index (χ0v) is 26.3. The summed E-state index contributed by atoms with van der Waals surface area (Å²) in [6.45, 7) is 1.33. The molecule has 0 aromatic heterocycles. The zero-order chi connectivity index (χ0) is 35.4. The van der Waals surface area contributed by atoms with Gasteiger partial charge in [-0.2, -0.15) is 0 Å². The van der Waals surface area contributed by atoms with E-state index in [0.717, 1.165) is 17.1 Å². The van der Waals surface area contributed by atoms with Gasteiger partial charge >= 0.3 is 11.9 Å². The summed E-state index contributed by atoms with van der Waals surface area (Å²) in [5.74, 6) is -6.38. The molecule has 3 atom stereocenters.